The number of aliphatic hydroxyl groups excluding tert-OH is 1. The molecule has 5 atom stereocenters. The monoisotopic (exact) mass is 577 g/mol. The normalized spacial score (nSPS) is 14.8. The zero-order chi connectivity index (χ0) is 31.1. The number of aryl methyl sites for hydroxylation is 1. The third-order valence-corrected chi connectivity index (χ3v) is 6.79. The second-order valence-electron chi connectivity index (χ2n) is 10.6. The van der Waals surface area contributed by atoms with Crippen LogP contribution in [-0.4, -0.2) is 84.0 Å². The number of amides is 4. The van der Waals surface area contributed by atoms with Gasteiger partial charge in [-0.05, 0) is 44.6 Å². The minimum absolute atomic E-state index is 0.0186. The second kappa shape index (κ2) is 18.2. The summed E-state index contributed by atoms with van der Waals surface area (Å²) in [5.41, 5.74) is 12.9. The average molecular weight is 578 g/mol. The Kier molecular flexibility index (Phi) is 15.8. The summed E-state index contributed by atoms with van der Waals surface area (Å²) in [6.07, 6.45) is 2.97. The Labute approximate surface area is 242 Å². The van der Waals surface area contributed by atoms with Crippen molar-refractivity contribution in [1.29, 1.82) is 0 Å². The smallest absolute Gasteiger partial charge is 0.329 e. The highest BCUT2D eigenvalue weighted by molar-refractivity contribution is 6.01. The molecule has 0 aromatic heterocycles. The van der Waals surface area contributed by atoms with Gasteiger partial charge >= 0.3 is 5.97 Å². The molecule has 0 spiro atoms. The van der Waals surface area contributed by atoms with Gasteiger partial charge in [-0.25, -0.2) is 4.79 Å². The van der Waals surface area contributed by atoms with Gasteiger partial charge in [0.25, 0.3) is 0 Å². The largest absolute Gasteiger partial charge is 0.467 e. The molecule has 1 rings (SSSR count). The number of carbonyl (C=O) groups excluding carboxylic acids is 5. The Bertz CT molecular complexity index is 1000. The number of esters is 1. The third kappa shape index (κ3) is 11.6. The van der Waals surface area contributed by atoms with Crippen molar-refractivity contribution in [2.75, 3.05) is 20.3 Å². The number of nitrogens with two attached hydrogens (primary N) is 2. The lowest BCUT2D eigenvalue weighted by atomic mass is 9.95. The summed E-state index contributed by atoms with van der Waals surface area (Å²) in [7, 11) is 1.17. The fourth-order valence-electron chi connectivity index (χ4n) is 4.22. The molecule has 7 N–H and O–H groups in total. The topological polar surface area (TPSA) is 194 Å². The van der Waals surface area contributed by atoms with Crippen LogP contribution in [0.15, 0.2) is 30.3 Å². The number of rotatable bonds is 17. The van der Waals surface area contributed by atoms with Gasteiger partial charge in [0, 0.05) is 25.5 Å². The molecule has 4 amide bonds. The van der Waals surface area contributed by atoms with Crippen molar-refractivity contribution < 1.29 is 33.8 Å². The van der Waals surface area contributed by atoms with Crippen LogP contribution >= 0.6 is 0 Å². The molecule has 0 saturated carbocycles. The Hall–Kier alpha value is -3.35. The average Bonchev–Trinajstić information content (AvgIpc) is 2.94. The molecule has 230 valence electrons. The molecule has 0 radical (unpaired) electrons. The maximum Gasteiger partial charge on any atom is 0.329 e. The minimum Gasteiger partial charge on any atom is -0.467 e. The van der Waals surface area contributed by atoms with Crippen molar-refractivity contribution in [2.45, 2.75) is 84.0 Å². The summed E-state index contributed by atoms with van der Waals surface area (Å²) in [5, 5.41) is 15.0. The molecule has 1 aromatic rings. The highest BCUT2D eigenvalue weighted by Gasteiger charge is 2.41. The predicted molar refractivity (Wildman–Crippen MR) is 154 cm³/mol. The number of aliphatic hydroxyl groups is 1. The molecule has 0 heterocycles. The Morgan fingerprint density at radius 2 is 1.59 bits per heavy atom. The number of hydrogen-bond donors (Lipinski definition) is 5. The number of methoxy groups -OCH3 is 1. The van der Waals surface area contributed by atoms with Gasteiger partial charge in [0.1, 0.15) is 12.1 Å². The van der Waals surface area contributed by atoms with Crippen molar-refractivity contribution in [3.8, 4) is 0 Å². The van der Waals surface area contributed by atoms with E-state index in [-0.39, 0.29) is 13.0 Å². The molecule has 0 aliphatic heterocycles. The van der Waals surface area contributed by atoms with E-state index in [9.17, 15) is 29.1 Å². The Morgan fingerprint density at radius 3 is 2.12 bits per heavy atom. The van der Waals surface area contributed by atoms with Crippen LogP contribution in [0.1, 0.15) is 58.9 Å². The first-order valence-electron chi connectivity index (χ1n) is 14.0. The van der Waals surface area contributed by atoms with Crippen molar-refractivity contribution in [3.63, 3.8) is 0 Å². The summed E-state index contributed by atoms with van der Waals surface area (Å²) in [6.45, 7) is 5.50. The van der Waals surface area contributed by atoms with E-state index in [0.29, 0.717) is 6.42 Å². The molecule has 41 heavy (non-hydrogen) atoms. The van der Waals surface area contributed by atoms with Gasteiger partial charge in [-0.2, -0.15) is 0 Å². The maximum atomic E-state index is 13.6. The summed E-state index contributed by atoms with van der Waals surface area (Å²) in [6, 6.07) is 5.60. The van der Waals surface area contributed by atoms with E-state index in [1.807, 2.05) is 30.3 Å². The van der Waals surface area contributed by atoms with Crippen molar-refractivity contribution in [2.24, 2.45) is 23.3 Å². The first kappa shape index (κ1) is 35.7. The molecule has 12 heteroatoms. The van der Waals surface area contributed by atoms with Crippen molar-refractivity contribution >= 4 is 29.6 Å². The van der Waals surface area contributed by atoms with Crippen LogP contribution in [0, 0.1) is 11.8 Å². The second-order valence-corrected chi connectivity index (χ2v) is 10.6. The van der Waals surface area contributed by atoms with Crippen molar-refractivity contribution in [3.05, 3.63) is 35.9 Å². The van der Waals surface area contributed by atoms with Gasteiger partial charge in [0.15, 0.2) is 0 Å². The number of benzene rings is 1. The number of nitrogens with one attached hydrogen (secondary N) is 2. The standard InChI is InChI=1S/C29H47N5O7/c1-18(2)25(29(40)41-5)34(23(36)15-11-7-10-14-21-12-8-6-9-13-21)28(39)24(31)22(17-35)16-32-27(38)20(4)33-26(37)19(3)30/h6,8-9,12-13,18-20,22,24-25,35H,7,10-11,14-17,30-31H2,1-5H3,(H,32,38)(H,33,37)/t19-,20-,22?,24?,25?/m0/s1. The molecular weight excluding hydrogens is 530 g/mol. The lowest BCUT2D eigenvalue weighted by molar-refractivity contribution is -0.163. The van der Waals surface area contributed by atoms with Crippen LogP contribution < -0.4 is 22.1 Å². The van der Waals surface area contributed by atoms with E-state index in [4.69, 9.17) is 16.2 Å². The van der Waals surface area contributed by atoms with Crippen LogP contribution in [0.5, 0.6) is 0 Å². The van der Waals surface area contributed by atoms with Crippen molar-refractivity contribution in [1.82, 2.24) is 15.5 Å². The van der Waals surface area contributed by atoms with Crippen LogP contribution in [0.3, 0.4) is 0 Å². The highest BCUT2D eigenvalue weighted by atomic mass is 16.5. The Morgan fingerprint density at radius 1 is 0.951 bits per heavy atom. The van der Waals surface area contributed by atoms with Crippen LogP contribution in [0.2, 0.25) is 0 Å². The summed E-state index contributed by atoms with van der Waals surface area (Å²) in [5.74, 6) is -4.72. The first-order chi connectivity index (χ1) is 19.3. The molecule has 12 nitrogen and oxygen atoms in total. The Balaban J connectivity index is 2.95. The number of carbonyl (C=O) groups is 5. The number of nitrogens with zero attached hydrogens (tertiary/aromatic N) is 1. The summed E-state index contributed by atoms with van der Waals surface area (Å²) < 4.78 is 4.89. The van der Waals surface area contributed by atoms with Gasteiger partial charge < -0.3 is 31.9 Å². The molecule has 3 unspecified atom stereocenters. The molecule has 0 fully saturated rings. The lowest BCUT2D eigenvalue weighted by Crippen LogP contribution is -2.59. The van der Waals surface area contributed by atoms with Gasteiger partial charge in [-0.15, -0.1) is 0 Å². The number of imide groups is 1. The number of ether oxygens (including phenoxy) is 1. The van der Waals surface area contributed by atoms with Gasteiger partial charge in [-0.1, -0.05) is 50.6 Å². The minimum atomic E-state index is -1.41. The van der Waals surface area contributed by atoms with E-state index >= 15 is 0 Å². The fourth-order valence-corrected chi connectivity index (χ4v) is 4.22. The van der Waals surface area contributed by atoms with Gasteiger partial charge in [0.05, 0.1) is 19.2 Å². The van der Waals surface area contributed by atoms with E-state index in [1.165, 1.54) is 26.5 Å². The SMILES string of the molecule is COC(=O)C(C(C)C)N(C(=O)CCCCCc1ccccc1)C(=O)C(N)C(CO)CNC(=O)[C@H](C)NC(=O)[C@H](C)N. The van der Waals surface area contributed by atoms with Gasteiger partial charge in [0.2, 0.25) is 23.6 Å². The van der Waals surface area contributed by atoms with E-state index in [0.717, 1.165) is 24.2 Å². The molecule has 0 aliphatic rings. The lowest BCUT2D eigenvalue weighted by Gasteiger charge is -2.34. The summed E-state index contributed by atoms with van der Waals surface area (Å²) in [4.78, 5) is 64.7. The van der Waals surface area contributed by atoms with E-state index < -0.39 is 72.2 Å². The predicted octanol–water partition coefficient (Wildman–Crippen LogP) is 0.246. The van der Waals surface area contributed by atoms with Crippen LogP contribution in [-0.2, 0) is 35.1 Å². The van der Waals surface area contributed by atoms with Crippen LogP contribution in [0.25, 0.3) is 0 Å². The third-order valence-electron chi connectivity index (χ3n) is 6.79. The van der Waals surface area contributed by atoms with Crippen LogP contribution in [0.4, 0.5) is 0 Å². The fraction of sp³-hybridized carbons (Fsp3) is 0.621. The number of unbranched alkanes of at least 4 members (excludes halogenated alkanes) is 2. The molecule has 0 saturated heterocycles. The van der Waals surface area contributed by atoms with E-state index in [2.05, 4.69) is 10.6 Å². The molecule has 0 aliphatic carbocycles. The first-order valence-corrected chi connectivity index (χ1v) is 14.0. The number of hydrogen-bond acceptors (Lipinski definition) is 9. The zero-order valence-electron chi connectivity index (χ0n) is 24.8. The molecular formula is C29H47N5O7. The molecule has 1 aromatic carbocycles. The van der Waals surface area contributed by atoms with E-state index in [1.54, 1.807) is 13.8 Å². The molecule has 0 bridgehead atoms. The summed E-state index contributed by atoms with van der Waals surface area (Å²) >= 11 is 0. The quantitative estimate of drug-likeness (QED) is 0.127. The van der Waals surface area contributed by atoms with Gasteiger partial charge in [-0.3, -0.25) is 24.1 Å². The highest BCUT2D eigenvalue weighted by Crippen LogP contribution is 2.19. The zero-order valence-corrected chi connectivity index (χ0v) is 24.8. The maximum absolute atomic E-state index is 13.6.